The predicted octanol–water partition coefficient (Wildman–Crippen LogP) is 3.49. The molecule has 0 fully saturated rings. The molecule has 2 aromatic rings. The Morgan fingerprint density at radius 3 is 2.57 bits per heavy atom. The molecule has 2 rings (SSSR count). The topological polar surface area (TPSA) is 74.0 Å². The van der Waals surface area contributed by atoms with E-state index in [2.05, 4.69) is 11.1 Å². The lowest BCUT2D eigenvalue weighted by molar-refractivity contribution is -0.136. The van der Waals surface area contributed by atoms with Gasteiger partial charge in [-0.05, 0) is 31.0 Å². The van der Waals surface area contributed by atoms with Crippen molar-refractivity contribution in [1.29, 1.82) is 5.26 Å². The van der Waals surface area contributed by atoms with Crippen LogP contribution in [0.2, 0.25) is 0 Å². The average molecular weight is 298 g/mol. The molecule has 1 N–H and O–H groups in total. The fraction of sp³-hybridized carbons (Fsp3) is 0.188. The van der Waals surface area contributed by atoms with Gasteiger partial charge in [0.05, 0.1) is 5.56 Å². The second-order valence-corrected chi connectivity index (χ2v) is 5.71. The molecular formula is C16H14N2O2S. The minimum absolute atomic E-state index is 0.438. The van der Waals surface area contributed by atoms with Gasteiger partial charge in [-0.25, -0.2) is 4.98 Å². The van der Waals surface area contributed by atoms with Crippen molar-refractivity contribution in [2.75, 3.05) is 0 Å². The van der Waals surface area contributed by atoms with E-state index in [4.69, 9.17) is 0 Å². The Hall–Kier alpha value is -2.32. The van der Waals surface area contributed by atoms with Crippen molar-refractivity contribution in [3.05, 3.63) is 58.8 Å². The molecule has 1 aromatic carbocycles. The van der Waals surface area contributed by atoms with Crippen molar-refractivity contribution in [3.8, 4) is 6.07 Å². The summed E-state index contributed by atoms with van der Waals surface area (Å²) < 4.78 is 0. The van der Waals surface area contributed by atoms with Crippen molar-refractivity contribution in [2.24, 2.45) is 0 Å². The number of carbonyl (C=O) groups is 1. The van der Waals surface area contributed by atoms with Crippen LogP contribution >= 0.6 is 11.8 Å². The van der Waals surface area contributed by atoms with E-state index < -0.39 is 11.2 Å². The van der Waals surface area contributed by atoms with Gasteiger partial charge >= 0.3 is 5.97 Å². The third-order valence-corrected chi connectivity index (χ3v) is 4.21. The monoisotopic (exact) mass is 298 g/mol. The summed E-state index contributed by atoms with van der Waals surface area (Å²) in [5.41, 5.74) is 2.70. The molecule has 1 heterocycles. The molecule has 106 valence electrons. The highest BCUT2D eigenvalue weighted by Gasteiger charge is 2.24. The number of nitriles is 1. The van der Waals surface area contributed by atoms with E-state index in [0.29, 0.717) is 16.2 Å². The molecule has 0 saturated carbocycles. The van der Waals surface area contributed by atoms with E-state index in [0.717, 1.165) is 23.0 Å². The minimum Gasteiger partial charge on any atom is -0.480 e. The molecule has 0 aliphatic heterocycles. The molecule has 0 aliphatic rings. The number of nitrogens with zero attached hydrogens (tertiary/aromatic N) is 2. The highest BCUT2D eigenvalue weighted by molar-refractivity contribution is 8.00. The lowest BCUT2D eigenvalue weighted by Crippen LogP contribution is -2.09. The van der Waals surface area contributed by atoms with Gasteiger partial charge in [-0.1, -0.05) is 42.1 Å². The summed E-state index contributed by atoms with van der Waals surface area (Å²) in [5.74, 6) is -0.948. The molecule has 1 atom stereocenters. The number of rotatable bonds is 4. The maximum atomic E-state index is 11.5. The minimum atomic E-state index is -0.948. The SMILES string of the molecule is Cc1cc(C)c(C#N)c(S[C@H](C(=O)O)c2ccccc2)n1. The van der Waals surface area contributed by atoms with Gasteiger partial charge in [0, 0.05) is 5.69 Å². The summed E-state index contributed by atoms with van der Waals surface area (Å²) in [5, 5.41) is 18.4. The lowest BCUT2D eigenvalue weighted by atomic mass is 10.1. The van der Waals surface area contributed by atoms with Gasteiger partial charge in [-0.2, -0.15) is 5.26 Å². The van der Waals surface area contributed by atoms with Crippen LogP contribution in [0.4, 0.5) is 0 Å². The summed E-state index contributed by atoms with van der Waals surface area (Å²) in [6, 6.07) is 12.9. The molecule has 4 nitrogen and oxygen atoms in total. The van der Waals surface area contributed by atoms with Crippen LogP contribution < -0.4 is 0 Å². The van der Waals surface area contributed by atoms with Crippen LogP contribution in [0.1, 0.15) is 27.6 Å². The van der Waals surface area contributed by atoms with Crippen molar-refractivity contribution in [3.63, 3.8) is 0 Å². The Balaban J connectivity index is 2.44. The Morgan fingerprint density at radius 2 is 2.00 bits per heavy atom. The number of aryl methyl sites for hydroxylation is 2. The molecule has 0 amide bonds. The molecule has 0 spiro atoms. The standard InChI is InChI=1S/C16H14N2O2S/c1-10-8-11(2)18-15(13(10)9-17)21-14(16(19)20)12-6-4-3-5-7-12/h3-8,14H,1-2H3,(H,19,20)/t14-/m0/s1. The van der Waals surface area contributed by atoms with Crippen LogP contribution in [0, 0.1) is 25.2 Å². The summed E-state index contributed by atoms with van der Waals surface area (Å²) in [7, 11) is 0. The maximum Gasteiger partial charge on any atom is 0.321 e. The summed E-state index contributed by atoms with van der Waals surface area (Å²) in [6.45, 7) is 3.66. The zero-order valence-corrected chi connectivity index (χ0v) is 12.5. The van der Waals surface area contributed by atoms with Gasteiger partial charge in [0.25, 0.3) is 0 Å². The molecule has 0 radical (unpaired) electrons. The van der Waals surface area contributed by atoms with E-state index in [1.165, 1.54) is 0 Å². The fourth-order valence-electron chi connectivity index (χ4n) is 2.02. The van der Waals surface area contributed by atoms with Crippen LogP contribution in [0.15, 0.2) is 41.4 Å². The Kier molecular flexibility index (Phi) is 4.61. The van der Waals surface area contributed by atoms with Crippen LogP contribution in [-0.4, -0.2) is 16.1 Å². The summed E-state index contributed by atoms with van der Waals surface area (Å²) >= 11 is 1.10. The number of aliphatic carboxylic acids is 1. The van der Waals surface area contributed by atoms with E-state index >= 15 is 0 Å². The van der Waals surface area contributed by atoms with Gasteiger partial charge in [0.2, 0.25) is 0 Å². The van der Waals surface area contributed by atoms with E-state index in [1.54, 1.807) is 24.3 Å². The van der Waals surface area contributed by atoms with Crippen LogP contribution in [-0.2, 0) is 4.79 Å². The molecule has 0 saturated heterocycles. The average Bonchev–Trinajstić information content (AvgIpc) is 2.45. The predicted molar refractivity (Wildman–Crippen MR) is 81.1 cm³/mol. The van der Waals surface area contributed by atoms with Crippen LogP contribution in [0.3, 0.4) is 0 Å². The number of hydrogen-bond acceptors (Lipinski definition) is 4. The Labute approximate surface area is 127 Å². The Morgan fingerprint density at radius 1 is 1.33 bits per heavy atom. The lowest BCUT2D eigenvalue weighted by Gasteiger charge is -2.14. The summed E-state index contributed by atoms with van der Waals surface area (Å²) in [6.07, 6.45) is 0. The zero-order valence-electron chi connectivity index (χ0n) is 11.7. The number of carboxylic acid groups (broad SMARTS) is 1. The van der Waals surface area contributed by atoms with Crippen LogP contribution in [0.25, 0.3) is 0 Å². The van der Waals surface area contributed by atoms with Gasteiger partial charge < -0.3 is 5.11 Å². The smallest absolute Gasteiger partial charge is 0.321 e. The fourth-order valence-corrected chi connectivity index (χ4v) is 3.16. The van der Waals surface area contributed by atoms with E-state index in [-0.39, 0.29) is 0 Å². The molecule has 0 unspecified atom stereocenters. The number of pyridine rings is 1. The molecular weight excluding hydrogens is 284 g/mol. The zero-order chi connectivity index (χ0) is 15.4. The van der Waals surface area contributed by atoms with Gasteiger partial charge in [-0.3, -0.25) is 4.79 Å². The number of benzene rings is 1. The van der Waals surface area contributed by atoms with Crippen molar-refractivity contribution in [2.45, 2.75) is 24.1 Å². The largest absolute Gasteiger partial charge is 0.480 e. The number of aromatic nitrogens is 1. The quantitative estimate of drug-likeness (QED) is 0.875. The number of hydrogen-bond donors (Lipinski definition) is 1. The third-order valence-electron chi connectivity index (χ3n) is 2.98. The highest BCUT2D eigenvalue weighted by Crippen LogP contribution is 2.36. The third kappa shape index (κ3) is 3.41. The summed E-state index contributed by atoms with van der Waals surface area (Å²) in [4.78, 5) is 15.9. The highest BCUT2D eigenvalue weighted by atomic mass is 32.2. The second kappa shape index (κ2) is 6.42. The van der Waals surface area contributed by atoms with Crippen molar-refractivity contribution < 1.29 is 9.90 Å². The Bertz CT molecular complexity index is 708. The first-order valence-electron chi connectivity index (χ1n) is 6.35. The first-order valence-corrected chi connectivity index (χ1v) is 7.23. The second-order valence-electron chi connectivity index (χ2n) is 4.62. The number of carboxylic acids is 1. The van der Waals surface area contributed by atoms with Crippen LogP contribution in [0.5, 0.6) is 0 Å². The molecule has 0 bridgehead atoms. The first kappa shape index (κ1) is 15.1. The molecule has 5 heteroatoms. The molecule has 0 aliphatic carbocycles. The number of thioether (sulfide) groups is 1. The van der Waals surface area contributed by atoms with E-state index in [1.807, 2.05) is 26.0 Å². The van der Waals surface area contributed by atoms with E-state index in [9.17, 15) is 15.2 Å². The molecule has 21 heavy (non-hydrogen) atoms. The maximum absolute atomic E-state index is 11.5. The molecule has 1 aromatic heterocycles. The van der Waals surface area contributed by atoms with Gasteiger partial charge in [-0.15, -0.1) is 0 Å². The van der Waals surface area contributed by atoms with Gasteiger partial charge in [0.1, 0.15) is 16.3 Å². The van der Waals surface area contributed by atoms with Crippen molar-refractivity contribution >= 4 is 17.7 Å². The van der Waals surface area contributed by atoms with Gasteiger partial charge in [0.15, 0.2) is 0 Å². The first-order chi connectivity index (χ1) is 10.0. The van der Waals surface area contributed by atoms with Crippen molar-refractivity contribution in [1.82, 2.24) is 4.98 Å². The normalized spacial score (nSPS) is 11.7.